The van der Waals surface area contributed by atoms with E-state index in [1.165, 1.54) is 0 Å². The minimum absolute atomic E-state index is 0.126. The van der Waals surface area contributed by atoms with E-state index in [1.807, 2.05) is 66.7 Å². The van der Waals surface area contributed by atoms with Gasteiger partial charge in [0, 0.05) is 43.3 Å². The van der Waals surface area contributed by atoms with Crippen LogP contribution in [-0.2, 0) is 30.3 Å². The van der Waals surface area contributed by atoms with E-state index in [9.17, 15) is 35.4 Å². The number of aliphatic hydroxyl groups excluding tert-OH is 6. The van der Waals surface area contributed by atoms with Gasteiger partial charge in [0.05, 0.1) is 25.4 Å². The number of carbonyl (C=O) groups is 1. The zero-order chi connectivity index (χ0) is 37.3. The number of piperidine rings is 1. The summed E-state index contributed by atoms with van der Waals surface area (Å²) in [4.78, 5) is 16.2. The lowest BCUT2D eigenvalue weighted by Crippen LogP contribution is -2.58. The van der Waals surface area contributed by atoms with Gasteiger partial charge in [0.1, 0.15) is 43.2 Å². The fourth-order valence-electron chi connectivity index (χ4n) is 7.02. The van der Waals surface area contributed by atoms with Crippen LogP contribution >= 0.6 is 0 Å². The first-order valence-corrected chi connectivity index (χ1v) is 18.1. The summed E-state index contributed by atoms with van der Waals surface area (Å²) in [5, 5.41) is 67.0. The molecule has 10 atom stereocenters. The Morgan fingerprint density at radius 3 is 1.58 bits per heavy atom. The Morgan fingerprint density at radius 2 is 1.13 bits per heavy atom. The molecule has 288 valence electrons. The normalized spacial score (nSPS) is 27.9. The second-order valence-electron chi connectivity index (χ2n) is 13.8. The predicted molar refractivity (Wildman–Crippen MR) is 189 cm³/mol. The molecule has 6 rings (SSSR count). The molecule has 3 saturated heterocycles. The molecule has 0 saturated carbocycles. The third-order valence-electron chi connectivity index (χ3n) is 10.0. The molecule has 3 aromatic rings. The third-order valence-corrected chi connectivity index (χ3v) is 10.0. The monoisotopic (exact) mass is 738 g/mol. The molecule has 14 nitrogen and oxygen atoms in total. The molecule has 6 N–H and O–H groups in total. The van der Waals surface area contributed by atoms with Gasteiger partial charge in [-0.2, -0.15) is 0 Å². The smallest absolute Gasteiger partial charge is 0.410 e. The molecule has 1 amide bonds. The van der Waals surface area contributed by atoms with E-state index >= 15 is 0 Å². The number of rotatable bonds is 13. The summed E-state index contributed by atoms with van der Waals surface area (Å²) < 4.78 is 28.7. The van der Waals surface area contributed by atoms with Gasteiger partial charge >= 0.3 is 6.09 Å². The number of benzene rings is 3. The molecule has 53 heavy (non-hydrogen) atoms. The van der Waals surface area contributed by atoms with Gasteiger partial charge in [-0.05, 0) is 18.4 Å². The van der Waals surface area contributed by atoms with E-state index in [4.69, 9.17) is 23.7 Å². The fourth-order valence-corrected chi connectivity index (χ4v) is 7.02. The largest absolute Gasteiger partial charge is 0.445 e. The van der Waals surface area contributed by atoms with Crippen LogP contribution in [0.1, 0.15) is 42.1 Å². The lowest BCUT2D eigenvalue weighted by atomic mass is 9.96. The maximum atomic E-state index is 12.9. The molecular weight excluding hydrogens is 688 g/mol. The highest BCUT2D eigenvalue weighted by Gasteiger charge is 2.43. The molecule has 0 aromatic heterocycles. The number of carbonyl (C=O) groups excluding carboxylic acids is 1. The maximum Gasteiger partial charge on any atom is 0.410 e. The average molecular weight is 739 g/mol. The van der Waals surface area contributed by atoms with Gasteiger partial charge in [-0.3, -0.25) is 4.90 Å². The lowest BCUT2D eigenvalue weighted by molar-refractivity contribution is -0.285. The maximum absolute atomic E-state index is 12.9. The molecule has 3 heterocycles. The van der Waals surface area contributed by atoms with Crippen molar-refractivity contribution in [2.24, 2.45) is 0 Å². The van der Waals surface area contributed by atoms with Crippen molar-refractivity contribution in [3.8, 4) is 0 Å². The summed E-state index contributed by atoms with van der Waals surface area (Å²) in [6, 6.07) is 27.2. The number of amides is 1. The lowest BCUT2D eigenvalue weighted by Gasteiger charge is -2.43. The van der Waals surface area contributed by atoms with Gasteiger partial charge in [-0.15, -0.1) is 0 Å². The van der Waals surface area contributed by atoms with Gasteiger partial charge in [0.15, 0.2) is 12.6 Å². The molecule has 3 aliphatic rings. The van der Waals surface area contributed by atoms with Crippen molar-refractivity contribution in [1.82, 2.24) is 9.80 Å². The number of hydrogen-bond donors (Lipinski definition) is 6. The van der Waals surface area contributed by atoms with Crippen molar-refractivity contribution in [2.45, 2.75) is 86.9 Å². The Balaban J connectivity index is 1.12. The van der Waals surface area contributed by atoms with Gasteiger partial charge in [0.25, 0.3) is 0 Å². The molecule has 3 aliphatic heterocycles. The number of ether oxygens (including phenoxy) is 5. The molecule has 0 aliphatic carbocycles. The second kappa shape index (κ2) is 18.7. The van der Waals surface area contributed by atoms with E-state index in [-0.39, 0.29) is 39.0 Å². The Bertz CT molecular complexity index is 1460. The molecule has 0 radical (unpaired) electrons. The van der Waals surface area contributed by atoms with E-state index in [0.29, 0.717) is 37.1 Å². The van der Waals surface area contributed by atoms with E-state index in [0.717, 1.165) is 5.56 Å². The van der Waals surface area contributed by atoms with Crippen molar-refractivity contribution >= 4 is 6.09 Å². The second-order valence-corrected chi connectivity index (χ2v) is 13.8. The van der Waals surface area contributed by atoms with Gasteiger partial charge in [-0.1, -0.05) is 91.0 Å². The zero-order valence-electron chi connectivity index (χ0n) is 29.4. The van der Waals surface area contributed by atoms with Crippen molar-refractivity contribution in [1.29, 1.82) is 0 Å². The number of likely N-dealkylation sites (tertiary alicyclic amines) is 1. The molecule has 14 heteroatoms. The summed E-state index contributed by atoms with van der Waals surface area (Å²) in [7, 11) is 0. The molecule has 0 spiro atoms. The Kier molecular flexibility index (Phi) is 13.8. The number of aliphatic hydroxyl groups is 6. The van der Waals surface area contributed by atoms with Crippen LogP contribution in [0.2, 0.25) is 0 Å². The number of nitrogens with zero attached hydrogens (tertiary/aromatic N) is 2. The highest BCUT2D eigenvalue weighted by atomic mass is 16.7. The third kappa shape index (κ3) is 10.2. The van der Waals surface area contributed by atoms with Crippen LogP contribution in [0.3, 0.4) is 0 Å². The fraction of sp³-hybridized carbons (Fsp3) is 0.513. The topological polar surface area (TPSA) is 191 Å². The van der Waals surface area contributed by atoms with Crippen LogP contribution in [0.15, 0.2) is 91.0 Å². The van der Waals surface area contributed by atoms with E-state index in [2.05, 4.69) is 0 Å². The van der Waals surface area contributed by atoms with Crippen molar-refractivity contribution in [3.05, 3.63) is 108 Å². The van der Waals surface area contributed by atoms with Crippen LogP contribution in [0.5, 0.6) is 0 Å². The first kappa shape index (κ1) is 39.2. The summed E-state index contributed by atoms with van der Waals surface area (Å²) in [6.07, 6.45) is -12.2. The van der Waals surface area contributed by atoms with Crippen LogP contribution < -0.4 is 0 Å². The summed E-state index contributed by atoms with van der Waals surface area (Å²) in [5.74, 6) is 0. The van der Waals surface area contributed by atoms with Crippen LogP contribution in [0.4, 0.5) is 4.79 Å². The quantitative estimate of drug-likeness (QED) is 0.148. The van der Waals surface area contributed by atoms with Crippen molar-refractivity contribution in [2.75, 3.05) is 39.4 Å². The summed E-state index contributed by atoms with van der Waals surface area (Å²) >= 11 is 0. The van der Waals surface area contributed by atoms with Gasteiger partial charge in [0.2, 0.25) is 0 Å². The standard InChI is InChI=1S/C39H50N2O12/c42-29(33(46)35-31(44)23-49-37(52-35)26-12-6-2-7-13-26)20-41(28-16-18-40(19-17-28)39(48)51-22-25-10-4-1-5-11-25)21-30(43)34(47)36-32(45)24-50-38(53-36)27-14-8-3-9-15-27/h1-15,28-38,42-47H,16-24H2/t29?,30?,31-,32-,33?,34?,35-,36-,37?,38?/m1/s1. The molecule has 0 bridgehead atoms. The summed E-state index contributed by atoms with van der Waals surface area (Å²) in [5.41, 5.74) is 2.24. The minimum Gasteiger partial charge on any atom is -0.445 e. The highest BCUT2D eigenvalue weighted by molar-refractivity contribution is 5.67. The predicted octanol–water partition coefficient (Wildman–Crippen LogP) is 1.48. The van der Waals surface area contributed by atoms with Crippen molar-refractivity contribution in [3.63, 3.8) is 0 Å². The molecular formula is C39H50N2O12. The van der Waals surface area contributed by atoms with Gasteiger partial charge < -0.3 is 59.2 Å². The molecule has 6 unspecified atom stereocenters. The SMILES string of the molecule is O=C(OCc1ccccc1)N1CCC(N(CC(O)C(O)[C@@H]2OC(c3ccccc3)OC[C@H]2O)CC(O)C(O)[C@@H]2OC(c3ccccc3)OC[C@H]2O)CC1. The Labute approximate surface area is 308 Å². The Morgan fingerprint density at radius 1 is 0.698 bits per heavy atom. The molecule has 3 aromatic carbocycles. The van der Waals surface area contributed by atoms with Crippen LogP contribution in [0.25, 0.3) is 0 Å². The van der Waals surface area contributed by atoms with E-state index in [1.54, 1.807) is 34.1 Å². The van der Waals surface area contributed by atoms with Gasteiger partial charge in [-0.25, -0.2) is 4.79 Å². The van der Waals surface area contributed by atoms with Crippen LogP contribution in [0, 0.1) is 0 Å². The highest BCUT2D eigenvalue weighted by Crippen LogP contribution is 2.31. The van der Waals surface area contributed by atoms with Crippen molar-refractivity contribution < 1.29 is 59.1 Å². The zero-order valence-corrected chi connectivity index (χ0v) is 29.4. The number of hydrogen-bond acceptors (Lipinski definition) is 13. The molecule has 3 fully saturated rings. The average Bonchev–Trinajstić information content (AvgIpc) is 3.20. The first-order chi connectivity index (χ1) is 25.7. The summed E-state index contributed by atoms with van der Waals surface area (Å²) in [6.45, 7) is 0.178. The van der Waals surface area contributed by atoms with Crippen LogP contribution in [-0.4, -0.2) is 141 Å². The van der Waals surface area contributed by atoms with E-state index < -0.39 is 67.5 Å². The Hall–Kier alpha value is -3.51. The first-order valence-electron chi connectivity index (χ1n) is 18.1. The minimum atomic E-state index is -1.55.